The minimum absolute atomic E-state index is 0.109. The van der Waals surface area contributed by atoms with Gasteiger partial charge in [-0.05, 0) is 62.3 Å². The normalized spacial score (nSPS) is 21.3. The summed E-state index contributed by atoms with van der Waals surface area (Å²) in [6.45, 7) is 0.624. The molecule has 2 aromatic rings. The first-order valence-corrected chi connectivity index (χ1v) is 13.7. The molecule has 2 amide bonds. The van der Waals surface area contributed by atoms with Gasteiger partial charge in [0.2, 0.25) is 0 Å². The van der Waals surface area contributed by atoms with Crippen LogP contribution in [0, 0.1) is 5.92 Å². The predicted molar refractivity (Wildman–Crippen MR) is 145 cm³/mol. The fourth-order valence-electron chi connectivity index (χ4n) is 5.77. The Morgan fingerprint density at radius 3 is 2.32 bits per heavy atom. The Morgan fingerprint density at radius 2 is 1.68 bits per heavy atom. The number of benzene rings is 2. The van der Waals surface area contributed by atoms with Crippen molar-refractivity contribution in [3.05, 3.63) is 71.8 Å². The first-order valence-electron chi connectivity index (χ1n) is 13.7. The van der Waals surface area contributed by atoms with Gasteiger partial charge in [-0.1, -0.05) is 67.8 Å². The molecule has 0 radical (unpaired) electrons. The van der Waals surface area contributed by atoms with Crippen LogP contribution in [-0.4, -0.2) is 65.8 Å². The van der Waals surface area contributed by atoms with Crippen LogP contribution in [-0.2, 0) is 16.0 Å². The van der Waals surface area contributed by atoms with Crippen molar-refractivity contribution in [3.8, 4) is 0 Å². The van der Waals surface area contributed by atoms with Crippen LogP contribution in [0.4, 0.5) is 4.79 Å². The van der Waals surface area contributed by atoms with Gasteiger partial charge in [0.15, 0.2) is 0 Å². The number of likely N-dealkylation sites (N-methyl/N-ethyl adjacent to an activating group) is 1. The molecule has 0 bridgehead atoms. The van der Waals surface area contributed by atoms with Crippen molar-refractivity contribution in [2.45, 2.75) is 69.1 Å². The topological polar surface area (TPSA) is 108 Å². The number of hydrogen-bond acceptors (Lipinski definition) is 6. The fourth-order valence-corrected chi connectivity index (χ4v) is 5.77. The lowest BCUT2D eigenvalue weighted by molar-refractivity contribution is -0.148. The van der Waals surface area contributed by atoms with Crippen LogP contribution in [0.2, 0.25) is 0 Å². The van der Waals surface area contributed by atoms with Gasteiger partial charge in [-0.2, -0.15) is 0 Å². The third kappa shape index (κ3) is 6.79. The number of nitrogens with one attached hydrogen (secondary N) is 2. The summed E-state index contributed by atoms with van der Waals surface area (Å²) >= 11 is 0. The van der Waals surface area contributed by atoms with Crippen LogP contribution in [0.15, 0.2) is 60.7 Å². The van der Waals surface area contributed by atoms with E-state index in [1.54, 1.807) is 24.3 Å². The predicted octanol–water partition coefficient (Wildman–Crippen LogP) is 3.69. The molecule has 1 saturated heterocycles. The van der Waals surface area contributed by atoms with E-state index in [-0.39, 0.29) is 18.4 Å². The number of esters is 1. The van der Waals surface area contributed by atoms with Crippen molar-refractivity contribution in [1.82, 2.24) is 15.5 Å². The molecule has 2 fully saturated rings. The van der Waals surface area contributed by atoms with Crippen molar-refractivity contribution >= 4 is 18.0 Å². The quantitative estimate of drug-likeness (QED) is 0.343. The number of carbonyl (C=O) groups excluding carboxylic acids is 3. The second-order valence-electron chi connectivity index (χ2n) is 10.6. The molecule has 38 heavy (non-hydrogen) atoms. The first-order chi connectivity index (χ1) is 18.4. The van der Waals surface area contributed by atoms with Crippen molar-refractivity contribution in [1.29, 1.82) is 0 Å². The first kappa shape index (κ1) is 27.8. The van der Waals surface area contributed by atoms with E-state index >= 15 is 0 Å². The zero-order valence-electron chi connectivity index (χ0n) is 22.1. The lowest BCUT2D eigenvalue weighted by Gasteiger charge is -2.37. The maximum absolute atomic E-state index is 13.3. The van der Waals surface area contributed by atoms with E-state index in [9.17, 15) is 19.5 Å². The molecule has 1 aliphatic heterocycles. The molecule has 2 aromatic carbocycles. The molecule has 8 heteroatoms. The summed E-state index contributed by atoms with van der Waals surface area (Å²) in [6.07, 6.45) is 5.26. The summed E-state index contributed by atoms with van der Waals surface area (Å²) in [6, 6.07) is 17.7. The van der Waals surface area contributed by atoms with Crippen molar-refractivity contribution < 1.29 is 24.2 Å². The largest absolute Gasteiger partial charge is 0.417 e. The smallest absolute Gasteiger partial charge is 0.389 e. The molecule has 2 aliphatic rings. The highest BCUT2D eigenvalue weighted by molar-refractivity contribution is 5.94. The number of hydrogen-bond donors (Lipinski definition) is 3. The number of amides is 2. The Hall–Kier alpha value is -3.23. The highest BCUT2D eigenvalue weighted by atomic mass is 16.6. The van der Waals surface area contributed by atoms with Crippen LogP contribution in [0.5, 0.6) is 0 Å². The summed E-state index contributed by atoms with van der Waals surface area (Å²) in [5.74, 6) is -0.669. The van der Waals surface area contributed by atoms with Gasteiger partial charge < -0.3 is 25.4 Å². The maximum atomic E-state index is 13.3. The lowest BCUT2D eigenvalue weighted by Crippen LogP contribution is -2.56. The zero-order chi connectivity index (χ0) is 27.0. The summed E-state index contributed by atoms with van der Waals surface area (Å²) in [4.78, 5) is 40.3. The Morgan fingerprint density at radius 1 is 1.03 bits per heavy atom. The van der Waals surface area contributed by atoms with Crippen LogP contribution in [0.1, 0.15) is 60.9 Å². The standard InChI is InChI=1S/C30H39N3O5/c1-33(29(37)38-28(36)30(18-11-19-31-30)24-16-9-4-10-17-24)21-26(34)25(20-22-12-5-2-6-13-22)32-27(35)23-14-7-3-8-15-23/h2-3,5-8,12-15,24-26,31,34H,4,9-11,16-21H2,1H3,(H,32,35)/t25-,26?,30+/m0/s1. The van der Waals surface area contributed by atoms with Gasteiger partial charge in [0.25, 0.3) is 5.91 Å². The van der Waals surface area contributed by atoms with Crippen LogP contribution in [0.25, 0.3) is 0 Å². The Labute approximate surface area is 224 Å². The molecular weight excluding hydrogens is 482 g/mol. The average molecular weight is 522 g/mol. The lowest BCUT2D eigenvalue weighted by atomic mass is 9.74. The molecule has 1 heterocycles. The highest BCUT2D eigenvalue weighted by Gasteiger charge is 2.49. The van der Waals surface area contributed by atoms with Gasteiger partial charge in [0, 0.05) is 12.6 Å². The molecule has 4 rings (SSSR count). The Bertz CT molecular complexity index is 1070. The summed E-state index contributed by atoms with van der Waals surface area (Å²) in [5, 5.41) is 17.4. The molecule has 204 valence electrons. The summed E-state index contributed by atoms with van der Waals surface area (Å²) in [5.41, 5.74) is 0.606. The summed E-state index contributed by atoms with van der Waals surface area (Å²) < 4.78 is 5.39. The van der Waals surface area contributed by atoms with E-state index in [4.69, 9.17) is 4.74 Å². The van der Waals surface area contributed by atoms with E-state index in [2.05, 4.69) is 10.6 Å². The van der Waals surface area contributed by atoms with E-state index in [1.165, 1.54) is 18.4 Å². The van der Waals surface area contributed by atoms with Gasteiger partial charge in [0.1, 0.15) is 5.54 Å². The number of ether oxygens (including phenoxy) is 1. The molecule has 0 spiro atoms. The minimum Gasteiger partial charge on any atom is -0.389 e. The van der Waals surface area contributed by atoms with Gasteiger partial charge in [-0.15, -0.1) is 0 Å². The molecule has 1 aliphatic carbocycles. The number of nitrogens with zero attached hydrogens (tertiary/aromatic N) is 1. The molecule has 1 saturated carbocycles. The monoisotopic (exact) mass is 521 g/mol. The zero-order valence-corrected chi connectivity index (χ0v) is 22.1. The van der Waals surface area contributed by atoms with Crippen LogP contribution in [0.3, 0.4) is 0 Å². The molecule has 8 nitrogen and oxygen atoms in total. The maximum Gasteiger partial charge on any atom is 0.417 e. The fraction of sp³-hybridized carbons (Fsp3) is 0.500. The minimum atomic E-state index is -1.09. The SMILES string of the molecule is CN(CC(O)[C@H](Cc1ccccc1)NC(=O)c1ccccc1)C(=O)OC(=O)[C@]1(C2CCCCC2)CCCN1. The molecule has 0 aromatic heterocycles. The molecule has 1 unspecified atom stereocenters. The highest BCUT2D eigenvalue weighted by Crippen LogP contribution is 2.38. The number of carbonyl (C=O) groups is 3. The number of aliphatic hydroxyl groups excluding tert-OH is 1. The van der Waals surface area contributed by atoms with Crippen molar-refractivity contribution in [2.75, 3.05) is 20.1 Å². The van der Waals surface area contributed by atoms with Gasteiger partial charge >= 0.3 is 12.1 Å². The average Bonchev–Trinajstić information content (AvgIpc) is 3.45. The van der Waals surface area contributed by atoms with Gasteiger partial charge in [-0.3, -0.25) is 4.79 Å². The molecule has 3 atom stereocenters. The molecule has 3 N–H and O–H groups in total. The second kappa shape index (κ2) is 13.0. The van der Waals surface area contributed by atoms with Gasteiger partial charge in [0.05, 0.1) is 18.7 Å². The Balaban J connectivity index is 1.40. The van der Waals surface area contributed by atoms with Crippen molar-refractivity contribution in [2.24, 2.45) is 5.92 Å². The summed E-state index contributed by atoms with van der Waals surface area (Å²) in [7, 11) is 1.49. The number of aliphatic hydroxyl groups is 1. The van der Waals surface area contributed by atoms with Crippen LogP contribution >= 0.6 is 0 Å². The van der Waals surface area contributed by atoms with E-state index in [0.29, 0.717) is 18.4 Å². The van der Waals surface area contributed by atoms with Crippen LogP contribution < -0.4 is 10.6 Å². The number of rotatable bonds is 9. The van der Waals surface area contributed by atoms with E-state index < -0.39 is 29.7 Å². The third-order valence-electron chi connectivity index (χ3n) is 7.92. The second-order valence-corrected chi connectivity index (χ2v) is 10.6. The van der Waals surface area contributed by atoms with E-state index in [0.717, 1.165) is 44.2 Å². The molecular formula is C30H39N3O5. The van der Waals surface area contributed by atoms with Crippen molar-refractivity contribution in [3.63, 3.8) is 0 Å². The van der Waals surface area contributed by atoms with E-state index in [1.807, 2.05) is 36.4 Å². The third-order valence-corrected chi connectivity index (χ3v) is 7.92. The Kier molecular flexibility index (Phi) is 9.53. The van der Waals surface area contributed by atoms with Gasteiger partial charge in [-0.25, -0.2) is 9.59 Å².